The summed E-state index contributed by atoms with van der Waals surface area (Å²) >= 11 is 1.75. The number of amides is 1. The molecule has 0 unspecified atom stereocenters. The van der Waals surface area contributed by atoms with Crippen LogP contribution in [-0.4, -0.2) is 21.9 Å². The molecule has 0 N–H and O–H groups in total. The van der Waals surface area contributed by atoms with Gasteiger partial charge in [-0.2, -0.15) is 0 Å². The Kier molecular flexibility index (Phi) is 3.21. The van der Waals surface area contributed by atoms with Gasteiger partial charge in [-0.25, -0.2) is 0 Å². The SMILES string of the molecule is O=C(Cn1ccccc1=O)N1CCc2sccc2C1. The molecule has 3 heterocycles. The van der Waals surface area contributed by atoms with Gasteiger partial charge in [0.05, 0.1) is 0 Å². The second kappa shape index (κ2) is 5.01. The van der Waals surface area contributed by atoms with Crippen LogP contribution >= 0.6 is 11.3 Å². The minimum Gasteiger partial charge on any atom is -0.336 e. The predicted octanol–water partition coefficient (Wildman–Crippen LogP) is 1.49. The normalized spacial score (nSPS) is 14.2. The molecule has 0 aliphatic carbocycles. The van der Waals surface area contributed by atoms with E-state index in [2.05, 4.69) is 11.4 Å². The van der Waals surface area contributed by atoms with E-state index in [4.69, 9.17) is 0 Å². The molecular weight excluding hydrogens is 260 g/mol. The van der Waals surface area contributed by atoms with Crippen molar-refractivity contribution in [3.05, 3.63) is 56.6 Å². The number of nitrogens with zero attached hydrogens (tertiary/aromatic N) is 2. The van der Waals surface area contributed by atoms with Gasteiger partial charge >= 0.3 is 0 Å². The molecule has 0 saturated carbocycles. The highest BCUT2D eigenvalue weighted by molar-refractivity contribution is 7.10. The minimum atomic E-state index is -0.135. The quantitative estimate of drug-likeness (QED) is 0.832. The Labute approximate surface area is 114 Å². The smallest absolute Gasteiger partial charge is 0.250 e. The Morgan fingerprint density at radius 2 is 2.21 bits per heavy atom. The molecule has 0 radical (unpaired) electrons. The standard InChI is InChI=1S/C14H14N2O2S/c17-13-3-1-2-6-15(13)10-14(18)16-7-4-12-11(9-16)5-8-19-12/h1-3,5-6,8H,4,7,9-10H2. The molecule has 1 aliphatic rings. The Balaban J connectivity index is 1.73. The zero-order valence-electron chi connectivity index (χ0n) is 10.4. The molecule has 0 atom stereocenters. The molecule has 3 rings (SSSR count). The first-order valence-electron chi connectivity index (χ1n) is 6.22. The molecule has 98 valence electrons. The molecule has 4 nitrogen and oxygen atoms in total. The lowest BCUT2D eigenvalue weighted by Crippen LogP contribution is -2.39. The van der Waals surface area contributed by atoms with E-state index in [9.17, 15) is 9.59 Å². The van der Waals surface area contributed by atoms with Crippen molar-refractivity contribution < 1.29 is 4.79 Å². The number of carbonyl (C=O) groups is 1. The van der Waals surface area contributed by atoms with E-state index in [-0.39, 0.29) is 18.0 Å². The molecule has 0 aromatic carbocycles. The highest BCUT2D eigenvalue weighted by Gasteiger charge is 2.21. The summed E-state index contributed by atoms with van der Waals surface area (Å²) in [7, 11) is 0. The second-order valence-corrected chi connectivity index (χ2v) is 5.60. The van der Waals surface area contributed by atoms with Crippen LogP contribution in [0.4, 0.5) is 0 Å². The van der Waals surface area contributed by atoms with Gasteiger partial charge in [-0.1, -0.05) is 6.07 Å². The Bertz CT molecular complexity index is 659. The number of fused-ring (bicyclic) bond motifs is 1. The zero-order chi connectivity index (χ0) is 13.2. The average molecular weight is 274 g/mol. The highest BCUT2D eigenvalue weighted by Crippen LogP contribution is 2.23. The fraction of sp³-hybridized carbons (Fsp3) is 0.286. The Hall–Kier alpha value is -1.88. The van der Waals surface area contributed by atoms with Crippen molar-refractivity contribution in [1.82, 2.24) is 9.47 Å². The largest absolute Gasteiger partial charge is 0.336 e. The molecule has 2 aromatic heterocycles. The van der Waals surface area contributed by atoms with E-state index in [1.165, 1.54) is 21.1 Å². The van der Waals surface area contributed by atoms with E-state index >= 15 is 0 Å². The van der Waals surface area contributed by atoms with Gasteiger partial charge in [0, 0.05) is 30.2 Å². The molecule has 1 amide bonds. The summed E-state index contributed by atoms with van der Waals surface area (Å²) in [6.45, 7) is 1.53. The van der Waals surface area contributed by atoms with Crippen molar-refractivity contribution in [3.63, 3.8) is 0 Å². The second-order valence-electron chi connectivity index (χ2n) is 4.60. The maximum absolute atomic E-state index is 12.2. The zero-order valence-corrected chi connectivity index (χ0v) is 11.2. The van der Waals surface area contributed by atoms with Crippen LogP contribution < -0.4 is 5.56 Å². The number of pyridine rings is 1. The van der Waals surface area contributed by atoms with Crippen molar-refractivity contribution in [1.29, 1.82) is 0 Å². The fourth-order valence-corrected chi connectivity index (χ4v) is 3.19. The summed E-state index contributed by atoms with van der Waals surface area (Å²) < 4.78 is 1.45. The van der Waals surface area contributed by atoms with Gasteiger partial charge < -0.3 is 9.47 Å². The van der Waals surface area contributed by atoms with Gasteiger partial charge in [0.25, 0.3) is 5.56 Å². The maximum Gasteiger partial charge on any atom is 0.250 e. The molecule has 0 bridgehead atoms. The van der Waals surface area contributed by atoms with Crippen LogP contribution in [0.3, 0.4) is 0 Å². The first-order chi connectivity index (χ1) is 9.24. The minimum absolute atomic E-state index is 0.00477. The van der Waals surface area contributed by atoms with Crippen LogP contribution in [0.2, 0.25) is 0 Å². The summed E-state index contributed by atoms with van der Waals surface area (Å²) in [5, 5.41) is 2.07. The van der Waals surface area contributed by atoms with Crippen LogP contribution in [-0.2, 0) is 24.3 Å². The highest BCUT2D eigenvalue weighted by atomic mass is 32.1. The number of hydrogen-bond donors (Lipinski definition) is 0. The first kappa shape index (κ1) is 12.2. The topological polar surface area (TPSA) is 42.3 Å². The van der Waals surface area contributed by atoms with Crippen LogP contribution in [0, 0.1) is 0 Å². The molecule has 1 aliphatic heterocycles. The summed E-state index contributed by atoms with van der Waals surface area (Å²) in [5.41, 5.74) is 1.11. The van der Waals surface area contributed by atoms with Crippen molar-refractivity contribution in [2.75, 3.05) is 6.54 Å². The Morgan fingerprint density at radius 1 is 1.32 bits per heavy atom. The maximum atomic E-state index is 12.2. The number of carbonyl (C=O) groups excluding carboxylic acids is 1. The Morgan fingerprint density at radius 3 is 3.05 bits per heavy atom. The molecule has 19 heavy (non-hydrogen) atoms. The molecule has 0 spiro atoms. The van der Waals surface area contributed by atoms with Gasteiger partial charge in [0.15, 0.2) is 0 Å². The molecule has 5 heteroatoms. The average Bonchev–Trinajstić information content (AvgIpc) is 2.88. The monoisotopic (exact) mass is 274 g/mol. The predicted molar refractivity (Wildman–Crippen MR) is 74.1 cm³/mol. The van der Waals surface area contributed by atoms with Crippen molar-refractivity contribution >= 4 is 17.2 Å². The van der Waals surface area contributed by atoms with Crippen LogP contribution in [0.1, 0.15) is 10.4 Å². The third-order valence-corrected chi connectivity index (χ3v) is 4.39. The van der Waals surface area contributed by atoms with Crippen LogP contribution in [0.15, 0.2) is 40.6 Å². The summed E-state index contributed by atoms with van der Waals surface area (Å²) in [5.74, 6) is 0.00477. The van der Waals surface area contributed by atoms with Gasteiger partial charge in [-0.05, 0) is 29.5 Å². The third-order valence-electron chi connectivity index (χ3n) is 3.36. The summed E-state index contributed by atoms with van der Waals surface area (Å²) in [6.07, 6.45) is 2.57. The van der Waals surface area contributed by atoms with E-state index in [0.717, 1.165) is 13.0 Å². The lowest BCUT2D eigenvalue weighted by molar-refractivity contribution is -0.132. The van der Waals surface area contributed by atoms with E-state index in [0.29, 0.717) is 6.54 Å². The molecular formula is C14H14N2O2S. The van der Waals surface area contributed by atoms with Crippen LogP contribution in [0.5, 0.6) is 0 Å². The first-order valence-corrected chi connectivity index (χ1v) is 7.10. The van der Waals surface area contributed by atoms with E-state index in [1.807, 2.05) is 4.90 Å². The van der Waals surface area contributed by atoms with Crippen molar-refractivity contribution in [3.8, 4) is 0 Å². The van der Waals surface area contributed by atoms with Crippen molar-refractivity contribution in [2.24, 2.45) is 0 Å². The van der Waals surface area contributed by atoms with Gasteiger partial charge in [-0.3, -0.25) is 9.59 Å². The lowest BCUT2D eigenvalue weighted by atomic mass is 10.1. The number of aromatic nitrogens is 1. The van der Waals surface area contributed by atoms with Gasteiger partial charge in [0.1, 0.15) is 6.54 Å². The lowest BCUT2D eigenvalue weighted by Gasteiger charge is -2.27. The number of thiophene rings is 1. The van der Waals surface area contributed by atoms with Gasteiger partial charge in [-0.15, -0.1) is 11.3 Å². The molecule has 0 fully saturated rings. The summed E-state index contributed by atoms with van der Waals surface area (Å²) in [6, 6.07) is 7.00. The third kappa shape index (κ3) is 2.46. The molecule has 2 aromatic rings. The van der Waals surface area contributed by atoms with Gasteiger partial charge in [0.2, 0.25) is 5.91 Å². The molecule has 0 saturated heterocycles. The van der Waals surface area contributed by atoms with Crippen LogP contribution in [0.25, 0.3) is 0 Å². The van der Waals surface area contributed by atoms with E-state index in [1.54, 1.807) is 29.7 Å². The van der Waals surface area contributed by atoms with Crippen molar-refractivity contribution in [2.45, 2.75) is 19.5 Å². The summed E-state index contributed by atoms with van der Waals surface area (Å²) in [4.78, 5) is 27.0. The number of rotatable bonds is 2. The fourth-order valence-electron chi connectivity index (χ4n) is 2.30. The number of hydrogen-bond acceptors (Lipinski definition) is 3. The van der Waals surface area contributed by atoms with E-state index < -0.39 is 0 Å².